The van der Waals surface area contributed by atoms with Crippen molar-refractivity contribution in [3.8, 4) is 11.5 Å². The number of rotatable bonds is 7. The summed E-state index contributed by atoms with van der Waals surface area (Å²) in [5.74, 6) is 2.28. The second-order valence-electron chi connectivity index (χ2n) is 6.13. The monoisotopic (exact) mass is 311 g/mol. The van der Waals surface area contributed by atoms with Gasteiger partial charge in [0.1, 0.15) is 13.2 Å². The summed E-state index contributed by atoms with van der Waals surface area (Å²) >= 11 is 6.34. The molecule has 3 nitrogen and oxygen atoms in total. The van der Waals surface area contributed by atoms with Gasteiger partial charge in [-0.2, -0.15) is 0 Å². The van der Waals surface area contributed by atoms with Crippen molar-refractivity contribution < 1.29 is 9.47 Å². The van der Waals surface area contributed by atoms with E-state index in [1.165, 1.54) is 6.42 Å². The molecule has 2 rings (SSSR count). The number of benzene rings is 1. The summed E-state index contributed by atoms with van der Waals surface area (Å²) in [5.41, 5.74) is 1.16. The van der Waals surface area contributed by atoms with Crippen LogP contribution in [0.2, 0.25) is 5.02 Å². The predicted octanol–water partition coefficient (Wildman–Crippen LogP) is 4.07. The van der Waals surface area contributed by atoms with Crippen LogP contribution in [-0.2, 0) is 6.42 Å². The minimum Gasteiger partial charge on any atom is -0.486 e. The Morgan fingerprint density at radius 3 is 2.43 bits per heavy atom. The van der Waals surface area contributed by atoms with Crippen LogP contribution in [0.25, 0.3) is 0 Å². The maximum Gasteiger partial charge on any atom is 0.162 e. The van der Waals surface area contributed by atoms with Gasteiger partial charge in [0.05, 0.1) is 0 Å². The maximum atomic E-state index is 6.34. The van der Waals surface area contributed by atoms with E-state index in [2.05, 4.69) is 26.1 Å². The van der Waals surface area contributed by atoms with Crippen LogP contribution in [0, 0.1) is 5.92 Å². The summed E-state index contributed by atoms with van der Waals surface area (Å²) < 4.78 is 11.2. The smallest absolute Gasteiger partial charge is 0.162 e. The van der Waals surface area contributed by atoms with Crippen molar-refractivity contribution in [2.45, 2.75) is 46.1 Å². The van der Waals surface area contributed by atoms with Crippen LogP contribution in [0.1, 0.15) is 39.2 Å². The normalized spacial score (nSPS) is 15.3. The number of hydrogen-bond acceptors (Lipinski definition) is 3. The molecule has 1 N–H and O–H groups in total. The first-order valence-corrected chi connectivity index (χ1v) is 8.25. The molecule has 1 aromatic carbocycles. The third-order valence-electron chi connectivity index (χ3n) is 3.81. The highest BCUT2D eigenvalue weighted by molar-refractivity contribution is 6.31. The van der Waals surface area contributed by atoms with E-state index in [1.54, 1.807) is 0 Å². The first-order chi connectivity index (χ1) is 10.1. The molecule has 0 radical (unpaired) electrons. The van der Waals surface area contributed by atoms with Crippen LogP contribution in [0.15, 0.2) is 12.1 Å². The van der Waals surface area contributed by atoms with Gasteiger partial charge >= 0.3 is 0 Å². The van der Waals surface area contributed by atoms with E-state index < -0.39 is 0 Å². The molecule has 0 spiro atoms. The van der Waals surface area contributed by atoms with Crippen molar-refractivity contribution in [2.75, 3.05) is 19.8 Å². The molecule has 0 aromatic heterocycles. The van der Waals surface area contributed by atoms with Gasteiger partial charge in [-0.15, -0.1) is 0 Å². The van der Waals surface area contributed by atoms with E-state index in [1.807, 2.05) is 12.1 Å². The van der Waals surface area contributed by atoms with Crippen molar-refractivity contribution in [1.29, 1.82) is 0 Å². The Kier molecular flexibility index (Phi) is 6.19. The van der Waals surface area contributed by atoms with Gasteiger partial charge in [0.15, 0.2) is 11.5 Å². The lowest BCUT2D eigenvalue weighted by Crippen LogP contribution is -2.25. The molecule has 1 unspecified atom stereocenters. The van der Waals surface area contributed by atoms with Crippen molar-refractivity contribution in [1.82, 2.24) is 5.32 Å². The minimum absolute atomic E-state index is 0.560. The number of nitrogens with one attached hydrogen (secondary N) is 1. The highest BCUT2D eigenvalue weighted by Gasteiger charge is 2.15. The summed E-state index contributed by atoms with van der Waals surface area (Å²) in [6.45, 7) is 8.95. The fourth-order valence-electron chi connectivity index (χ4n) is 2.46. The van der Waals surface area contributed by atoms with Gasteiger partial charge in [-0.1, -0.05) is 32.4 Å². The van der Waals surface area contributed by atoms with Crippen LogP contribution in [0.3, 0.4) is 0 Å². The fourth-order valence-corrected chi connectivity index (χ4v) is 2.71. The highest BCUT2D eigenvalue weighted by atomic mass is 35.5. The van der Waals surface area contributed by atoms with E-state index in [9.17, 15) is 0 Å². The van der Waals surface area contributed by atoms with E-state index in [-0.39, 0.29) is 0 Å². The van der Waals surface area contributed by atoms with Gasteiger partial charge in [-0.05, 0) is 43.4 Å². The Morgan fingerprint density at radius 2 is 1.76 bits per heavy atom. The molecule has 1 aliphatic heterocycles. The predicted molar refractivity (Wildman–Crippen MR) is 87.7 cm³/mol. The third-order valence-corrected chi connectivity index (χ3v) is 4.16. The van der Waals surface area contributed by atoms with E-state index >= 15 is 0 Å². The van der Waals surface area contributed by atoms with Crippen LogP contribution in [0.4, 0.5) is 0 Å². The molecule has 118 valence electrons. The van der Waals surface area contributed by atoms with Gasteiger partial charge in [-0.25, -0.2) is 0 Å². The van der Waals surface area contributed by atoms with Crippen LogP contribution < -0.4 is 14.8 Å². The SMILES string of the molecule is CC(CCNC(C)C)CCc1cc2c(cc1Cl)OCCO2. The fraction of sp³-hybridized carbons (Fsp3) is 0.647. The van der Waals surface area contributed by atoms with Crippen LogP contribution in [0.5, 0.6) is 11.5 Å². The van der Waals surface area contributed by atoms with Gasteiger partial charge in [0.2, 0.25) is 0 Å². The Hall–Kier alpha value is -0.930. The van der Waals surface area contributed by atoms with Gasteiger partial charge < -0.3 is 14.8 Å². The third kappa shape index (κ3) is 5.08. The molecule has 1 aliphatic rings. The Labute approximate surface area is 133 Å². The number of fused-ring (bicyclic) bond motifs is 1. The molecule has 1 aromatic rings. The Morgan fingerprint density at radius 1 is 1.10 bits per heavy atom. The Bertz CT molecular complexity index is 462. The molecule has 0 aliphatic carbocycles. The van der Waals surface area contributed by atoms with Gasteiger partial charge in [0, 0.05) is 17.1 Å². The Balaban J connectivity index is 1.85. The van der Waals surface area contributed by atoms with Crippen molar-refractivity contribution >= 4 is 11.6 Å². The molecular weight excluding hydrogens is 286 g/mol. The van der Waals surface area contributed by atoms with Crippen LogP contribution in [-0.4, -0.2) is 25.8 Å². The lowest BCUT2D eigenvalue weighted by molar-refractivity contribution is 0.171. The average Bonchev–Trinajstić information content (AvgIpc) is 2.44. The quantitative estimate of drug-likeness (QED) is 0.823. The second kappa shape index (κ2) is 7.90. The zero-order valence-corrected chi connectivity index (χ0v) is 14.0. The summed E-state index contributed by atoms with van der Waals surface area (Å²) in [5, 5.41) is 4.25. The first-order valence-electron chi connectivity index (χ1n) is 7.87. The van der Waals surface area contributed by atoms with E-state index in [4.69, 9.17) is 21.1 Å². The zero-order chi connectivity index (χ0) is 15.2. The topological polar surface area (TPSA) is 30.5 Å². The minimum atomic E-state index is 0.560. The molecule has 0 saturated heterocycles. The molecule has 1 heterocycles. The molecule has 0 saturated carbocycles. The summed E-state index contributed by atoms with van der Waals surface area (Å²) in [4.78, 5) is 0. The number of hydrogen-bond donors (Lipinski definition) is 1. The van der Waals surface area contributed by atoms with E-state index in [0.717, 1.165) is 41.5 Å². The molecule has 0 fully saturated rings. The van der Waals surface area contributed by atoms with Crippen molar-refractivity contribution in [3.05, 3.63) is 22.7 Å². The maximum absolute atomic E-state index is 6.34. The molecule has 1 atom stereocenters. The molecule has 4 heteroatoms. The number of halogens is 1. The van der Waals surface area contributed by atoms with Crippen molar-refractivity contribution in [2.24, 2.45) is 5.92 Å². The first kappa shape index (κ1) is 16.4. The summed E-state index contributed by atoms with van der Waals surface area (Å²) in [6, 6.07) is 4.48. The van der Waals surface area contributed by atoms with Crippen molar-refractivity contribution in [3.63, 3.8) is 0 Å². The number of ether oxygens (including phenoxy) is 2. The van der Waals surface area contributed by atoms with E-state index in [0.29, 0.717) is 25.2 Å². The molecule has 0 amide bonds. The summed E-state index contributed by atoms with van der Waals surface area (Å²) in [6.07, 6.45) is 3.32. The molecule has 0 bridgehead atoms. The molecular formula is C17H26ClNO2. The average molecular weight is 312 g/mol. The lowest BCUT2D eigenvalue weighted by Gasteiger charge is -2.20. The molecule has 21 heavy (non-hydrogen) atoms. The largest absolute Gasteiger partial charge is 0.486 e. The number of aryl methyl sites for hydroxylation is 1. The summed E-state index contributed by atoms with van der Waals surface area (Å²) in [7, 11) is 0. The second-order valence-corrected chi connectivity index (χ2v) is 6.54. The van der Waals surface area contributed by atoms with Crippen LogP contribution >= 0.6 is 11.6 Å². The zero-order valence-electron chi connectivity index (χ0n) is 13.2. The standard InChI is InChI=1S/C17H26ClNO2/c1-12(2)19-7-6-13(3)4-5-14-10-16-17(11-15(14)18)21-9-8-20-16/h10-13,19H,4-9H2,1-3H3. The van der Waals surface area contributed by atoms with Gasteiger partial charge in [0.25, 0.3) is 0 Å². The lowest BCUT2D eigenvalue weighted by atomic mass is 9.98. The highest BCUT2D eigenvalue weighted by Crippen LogP contribution is 2.36. The van der Waals surface area contributed by atoms with Gasteiger partial charge in [-0.3, -0.25) is 0 Å².